The second-order valence-corrected chi connectivity index (χ2v) is 8.14. The second kappa shape index (κ2) is 6.43. The van der Waals surface area contributed by atoms with Gasteiger partial charge >= 0.3 is 0 Å². The number of hydrogen-bond acceptors (Lipinski definition) is 5. The van der Waals surface area contributed by atoms with E-state index in [0.29, 0.717) is 12.8 Å². The number of oxime groups is 1. The summed E-state index contributed by atoms with van der Waals surface area (Å²) in [6.07, 6.45) is 1.82. The molecule has 7 nitrogen and oxygen atoms in total. The van der Waals surface area contributed by atoms with Crippen molar-refractivity contribution in [2.75, 3.05) is 12.8 Å². The lowest BCUT2D eigenvalue weighted by molar-refractivity contribution is -0.128. The summed E-state index contributed by atoms with van der Waals surface area (Å²) >= 11 is 0. The Hall–Kier alpha value is -1.31. The Kier molecular flexibility index (Phi) is 6.01. The summed E-state index contributed by atoms with van der Waals surface area (Å²) in [4.78, 5) is 12.3. The summed E-state index contributed by atoms with van der Waals surface area (Å²) < 4.78 is 22.1. The zero-order chi connectivity index (χ0) is 16.2. The first-order chi connectivity index (χ1) is 8.98. The predicted octanol–water partition coefficient (Wildman–Crippen LogP) is 0.479. The largest absolute Gasteiger partial charge is 0.409 e. The molecule has 0 aromatic rings. The summed E-state index contributed by atoms with van der Waals surface area (Å²) in [6, 6.07) is 0. The van der Waals surface area contributed by atoms with Gasteiger partial charge in [-0.1, -0.05) is 19.0 Å². The van der Waals surface area contributed by atoms with Crippen LogP contribution in [0.25, 0.3) is 0 Å². The van der Waals surface area contributed by atoms with Gasteiger partial charge in [-0.05, 0) is 26.7 Å². The normalized spacial score (nSPS) is 14.2. The molecule has 0 rings (SSSR count). The molecular weight excluding hydrogens is 282 g/mol. The Bertz CT molecular complexity index is 479. The van der Waals surface area contributed by atoms with Crippen LogP contribution in [-0.4, -0.2) is 42.9 Å². The SMILES string of the molecule is CCC(CC)(C(=O)NCC(C)(C)S(C)(=O)=O)C(N)=NO. The molecule has 0 aromatic heterocycles. The van der Waals surface area contributed by atoms with Crippen LogP contribution in [0.5, 0.6) is 0 Å². The van der Waals surface area contributed by atoms with Crippen molar-refractivity contribution in [3.8, 4) is 0 Å². The van der Waals surface area contributed by atoms with Crippen LogP contribution in [0, 0.1) is 5.41 Å². The average molecular weight is 307 g/mol. The predicted molar refractivity (Wildman–Crippen MR) is 78.4 cm³/mol. The first kappa shape index (κ1) is 18.7. The van der Waals surface area contributed by atoms with Crippen LogP contribution in [-0.2, 0) is 14.6 Å². The Balaban J connectivity index is 5.18. The molecule has 0 fully saturated rings. The number of nitrogens with two attached hydrogens (primary N) is 1. The Morgan fingerprint density at radius 2 is 1.75 bits per heavy atom. The van der Waals surface area contributed by atoms with Gasteiger partial charge in [-0.25, -0.2) is 8.42 Å². The van der Waals surface area contributed by atoms with E-state index in [-0.39, 0.29) is 12.4 Å². The molecule has 0 atom stereocenters. The molecular formula is C12H25N3O4S. The molecule has 118 valence electrons. The Morgan fingerprint density at radius 1 is 1.30 bits per heavy atom. The van der Waals surface area contributed by atoms with Gasteiger partial charge in [-0.3, -0.25) is 4.79 Å². The van der Waals surface area contributed by atoms with Gasteiger partial charge in [0, 0.05) is 12.8 Å². The molecule has 20 heavy (non-hydrogen) atoms. The summed E-state index contributed by atoms with van der Waals surface area (Å²) in [5.41, 5.74) is 4.50. The highest BCUT2D eigenvalue weighted by atomic mass is 32.2. The third-order valence-corrected chi connectivity index (χ3v) is 6.07. The summed E-state index contributed by atoms with van der Waals surface area (Å²) in [7, 11) is -3.31. The van der Waals surface area contributed by atoms with E-state index in [1.54, 1.807) is 13.8 Å². The van der Waals surface area contributed by atoms with Crippen molar-refractivity contribution in [3.63, 3.8) is 0 Å². The number of carbonyl (C=O) groups is 1. The zero-order valence-electron chi connectivity index (χ0n) is 12.7. The first-order valence-electron chi connectivity index (χ1n) is 6.44. The van der Waals surface area contributed by atoms with E-state index in [9.17, 15) is 13.2 Å². The van der Waals surface area contributed by atoms with E-state index in [1.165, 1.54) is 13.8 Å². The molecule has 0 aromatic carbocycles. The highest BCUT2D eigenvalue weighted by Crippen LogP contribution is 2.27. The molecule has 0 spiro atoms. The highest BCUT2D eigenvalue weighted by molar-refractivity contribution is 7.92. The number of carbonyl (C=O) groups excluding carboxylic acids is 1. The molecule has 4 N–H and O–H groups in total. The number of hydrogen-bond donors (Lipinski definition) is 3. The summed E-state index contributed by atoms with van der Waals surface area (Å²) in [6.45, 7) is 6.54. The fraction of sp³-hybridized carbons (Fsp3) is 0.833. The number of nitrogens with zero attached hydrogens (tertiary/aromatic N) is 1. The van der Waals surface area contributed by atoms with Crippen molar-refractivity contribution < 1.29 is 18.4 Å². The van der Waals surface area contributed by atoms with Crippen LogP contribution in [0.4, 0.5) is 0 Å². The maximum atomic E-state index is 12.3. The maximum Gasteiger partial charge on any atom is 0.233 e. The lowest BCUT2D eigenvalue weighted by atomic mass is 9.80. The van der Waals surface area contributed by atoms with Crippen LogP contribution in [0.2, 0.25) is 0 Å². The van der Waals surface area contributed by atoms with Gasteiger partial charge in [0.1, 0.15) is 5.41 Å². The fourth-order valence-corrected chi connectivity index (χ4v) is 2.07. The molecule has 0 saturated carbocycles. The first-order valence-corrected chi connectivity index (χ1v) is 8.33. The molecule has 1 amide bonds. The zero-order valence-corrected chi connectivity index (χ0v) is 13.5. The van der Waals surface area contributed by atoms with Gasteiger partial charge in [0.15, 0.2) is 15.7 Å². The van der Waals surface area contributed by atoms with Crippen molar-refractivity contribution in [3.05, 3.63) is 0 Å². The average Bonchev–Trinajstić information content (AvgIpc) is 2.36. The second-order valence-electron chi connectivity index (χ2n) is 5.49. The topological polar surface area (TPSA) is 122 Å². The van der Waals surface area contributed by atoms with Gasteiger partial charge in [0.25, 0.3) is 0 Å². The molecule has 0 heterocycles. The number of amidine groups is 1. The smallest absolute Gasteiger partial charge is 0.233 e. The third kappa shape index (κ3) is 3.62. The van der Waals surface area contributed by atoms with Crippen LogP contribution < -0.4 is 11.1 Å². The van der Waals surface area contributed by atoms with Gasteiger partial charge in [-0.15, -0.1) is 0 Å². The van der Waals surface area contributed by atoms with E-state index in [1.807, 2.05) is 0 Å². The van der Waals surface area contributed by atoms with E-state index in [2.05, 4.69) is 10.5 Å². The minimum atomic E-state index is -3.31. The molecule has 0 aliphatic heterocycles. The van der Waals surface area contributed by atoms with E-state index in [0.717, 1.165) is 6.26 Å². The van der Waals surface area contributed by atoms with E-state index < -0.39 is 25.9 Å². The van der Waals surface area contributed by atoms with Gasteiger partial charge in [-0.2, -0.15) is 0 Å². The van der Waals surface area contributed by atoms with Crippen LogP contribution in [0.15, 0.2) is 5.16 Å². The van der Waals surface area contributed by atoms with Crippen molar-refractivity contribution in [2.45, 2.75) is 45.3 Å². The molecule has 0 saturated heterocycles. The number of nitrogens with one attached hydrogen (secondary N) is 1. The molecule has 0 bridgehead atoms. The molecule has 0 aliphatic carbocycles. The lowest BCUT2D eigenvalue weighted by Gasteiger charge is -2.31. The van der Waals surface area contributed by atoms with Crippen molar-refractivity contribution in [2.24, 2.45) is 16.3 Å². The standard InChI is InChI=1S/C12H25N3O4S/c1-6-12(7-2,9(13)15-17)10(16)14-8-11(3,4)20(5,18)19/h17H,6-8H2,1-5H3,(H2,13,15)(H,14,16). The molecule has 0 radical (unpaired) electrons. The number of sulfone groups is 1. The monoisotopic (exact) mass is 307 g/mol. The van der Waals surface area contributed by atoms with Crippen LogP contribution >= 0.6 is 0 Å². The molecule has 0 unspecified atom stereocenters. The Morgan fingerprint density at radius 3 is 2.05 bits per heavy atom. The van der Waals surface area contributed by atoms with E-state index in [4.69, 9.17) is 10.9 Å². The fourth-order valence-electron chi connectivity index (χ4n) is 1.74. The third-order valence-electron chi connectivity index (χ3n) is 3.92. The lowest BCUT2D eigenvalue weighted by Crippen LogP contribution is -2.53. The van der Waals surface area contributed by atoms with Gasteiger partial charge in [0.2, 0.25) is 5.91 Å². The summed E-state index contributed by atoms with van der Waals surface area (Å²) in [5.74, 6) is -0.605. The van der Waals surface area contributed by atoms with Gasteiger partial charge in [0.05, 0.1) is 4.75 Å². The Labute approximate surface area is 120 Å². The number of amides is 1. The van der Waals surface area contributed by atoms with E-state index >= 15 is 0 Å². The van der Waals surface area contributed by atoms with Crippen LogP contribution in [0.1, 0.15) is 40.5 Å². The highest BCUT2D eigenvalue weighted by Gasteiger charge is 2.41. The van der Waals surface area contributed by atoms with Crippen molar-refractivity contribution >= 4 is 21.6 Å². The summed E-state index contributed by atoms with van der Waals surface area (Å²) in [5, 5.41) is 14.4. The van der Waals surface area contributed by atoms with Crippen LogP contribution in [0.3, 0.4) is 0 Å². The minimum absolute atomic E-state index is 0.0366. The minimum Gasteiger partial charge on any atom is -0.409 e. The van der Waals surface area contributed by atoms with Gasteiger partial charge < -0.3 is 16.3 Å². The quantitative estimate of drug-likeness (QED) is 0.273. The molecule has 8 heteroatoms. The van der Waals surface area contributed by atoms with Crippen molar-refractivity contribution in [1.82, 2.24) is 5.32 Å². The van der Waals surface area contributed by atoms with Crippen molar-refractivity contribution in [1.29, 1.82) is 0 Å². The number of rotatable bonds is 7. The molecule has 0 aliphatic rings. The maximum absolute atomic E-state index is 12.3.